The van der Waals surface area contributed by atoms with Gasteiger partial charge in [-0.1, -0.05) is 24.3 Å². The number of hydrogen-bond acceptors (Lipinski definition) is 5. The van der Waals surface area contributed by atoms with Crippen molar-refractivity contribution < 1.29 is 16.8 Å². The van der Waals surface area contributed by atoms with E-state index in [2.05, 4.69) is 9.71 Å². The van der Waals surface area contributed by atoms with Crippen molar-refractivity contribution in [3.8, 4) is 0 Å². The number of aromatic nitrogens is 2. The van der Waals surface area contributed by atoms with Crippen molar-refractivity contribution in [3.05, 3.63) is 66.6 Å². The van der Waals surface area contributed by atoms with Crippen molar-refractivity contribution >= 4 is 31.4 Å². The molecule has 28 heavy (non-hydrogen) atoms. The lowest BCUT2D eigenvalue weighted by molar-refractivity contribution is 0.593. The fraction of sp³-hybridized carbons (Fsp3) is 0.167. The first kappa shape index (κ1) is 19.9. The topological polar surface area (TPSA) is 101 Å². The first-order chi connectivity index (χ1) is 13.1. The molecule has 1 N–H and O–H groups in total. The number of hydrogen-bond donors (Lipinski definition) is 1. The molecule has 0 fully saturated rings. The van der Waals surface area contributed by atoms with E-state index in [1.807, 2.05) is 0 Å². The van der Waals surface area contributed by atoms with Gasteiger partial charge in [0, 0.05) is 20.3 Å². The molecule has 3 rings (SSSR count). The van der Waals surface area contributed by atoms with Gasteiger partial charge in [-0.3, -0.25) is 9.03 Å². The summed E-state index contributed by atoms with van der Waals surface area (Å²) < 4.78 is 56.0. The molecule has 2 aromatic carbocycles. The Kier molecular flexibility index (Phi) is 5.18. The zero-order valence-electron chi connectivity index (χ0n) is 15.6. The minimum Gasteiger partial charge on any atom is -0.337 e. The largest absolute Gasteiger partial charge is 0.337 e. The molecule has 0 unspecified atom stereocenters. The van der Waals surface area contributed by atoms with E-state index in [0.717, 1.165) is 4.31 Å². The Morgan fingerprint density at radius 3 is 2.29 bits per heavy atom. The highest BCUT2D eigenvalue weighted by Crippen LogP contribution is 2.24. The van der Waals surface area contributed by atoms with Gasteiger partial charge in [-0.05, 0) is 37.3 Å². The van der Waals surface area contributed by atoms with E-state index in [1.165, 1.54) is 37.5 Å². The van der Waals surface area contributed by atoms with Crippen LogP contribution in [-0.2, 0) is 27.1 Å². The minimum atomic E-state index is -3.94. The number of sulfonamides is 2. The second kappa shape index (κ2) is 7.28. The third-order valence-electron chi connectivity index (χ3n) is 4.23. The molecular weight excluding hydrogens is 400 g/mol. The molecule has 0 saturated heterocycles. The van der Waals surface area contributed by atoms with Crippen LogP contribution in [0, 0.1) is 6.92 Å². The smallest absolute Gasteiger partial charge is 0.280 e. The molecule has 0 atom stereocenters. The van der Waals surface area contributed by atoms with Crippen LogP contribution in [0.2, 0.25) is 0 Å². The molecule has 0 saturated carbocycles. The summed E-state index contributed by atoms with van der Waals surface area (Å²) in [6.07, 6.45) is 1.39. The lowest BCUT2D eigenvalue weighted by atomic mass is 10.3. The lowest BCUT2D eigenvalue weighted by Gasteiger charge is -2.19. The summed E-state index contributed by atoms with van der Waals surface area (Å²) in [6, 6.07) is 14.3. The molecule has 10 heteroatoms. The number of nitrogens with one attached hydrogen (secondary N) is 1. The molecule has 0 spiro atoms. The standard InChI is InChI=1S/C18H20N4O4S2/c1-14-19-18(13-21(14)2)27(23,24)20-15-8-7-11-17(12-15)28(25,26)22(3)16-9-5-4-6-10-16/h4-13,20H,1-3H3. The van der Waals surface area contributed by atoms with Gasteiger partial charge in [-0.15, -0.1) is 0 Å². The van der Waals surface area contributed by atoms with Gasteiger partial charge in [0.1, 0.15) is 5.82 Å². The summed E-state index contributed by atoms with van der Waals surface area (Å²) in [4.78, 5) is 3.97. The molecular formula is C18H20N4O4S2. The summed E-state index contributed by atoms with van der Waals surface area (Å²) in [5.74, 6) is 0.543. The van der Waals surface area contributed by atoms with E-state index in [9.17, 15) is 16.8 Å². The van der Waals surface area contributed by atoms with Gasteiger partial charge in [0.05, 0.1) is 16.3 Å². The van der Waals surface area contributed by atoms with Crippen LogP contribution >= 0.6 is 0 Å². The lowest BCUT2D eigenvalue weighted by Crippen LogP contribution is -2.26. The molecule has 1 aromatic heterocycles. The average molecular weight is 421 g/mol. The van der Waals surface area contributed by atoms with Crippen LogP contribution in [0.3, 0.4) is 0 Å². The van der Waals surface area contributed by atoms with Crippen LogP contribution < -0.4 is 9.03 Å². The third-order valence-corrected chi connectivity index (χ3v) is 7.26. The van der Waals surface area contributed by atoms with Gasteiger partial charge in [0.2, 0.25) is 0 Å². The normalized spacial score (nSPS) is 12.0. The Labute approximate surface area is 164 Å². The highest BCUT2D eigenvalue weighted by Gasteiger charge is 2.23. The fourth-order valence-electron chi connectivity index (χ4n) is 2.52. The van der Waals surface area contributed by atoms with Crippen molar-refractivity contribution in [1.82, 2.24) is 9.55 Å². The van der Waals surface area contributed by atoms with E-state index in [0.29, 0.717) is 11.5 Å². The molecule has 0 radical (unpaired) electrons. The summed E-state index contributed by atoms with van der Waals surface area (Å²) in [6.45, 7) is 1.69. The molecule has 0 aliphatic carbocycles. The maximum Gasteiger partial charge on any atom is 0.280 e. The van der Waals surface area contributed by atoms with Crippen LogP contribution in [0.1, 0.15) is 5.82 Å². The zero-order valence-corrected chi connectivity index (χ0v) is 17.2. The van der Waals surface area contributed by atoms with E-state index < -0.39 is 20.0 Å². The van der Waals surface area contributed by atoms with Gasteiger partial charge >= 0.3 is 0 Å². The van der Waals surface area contributed by atoms with Crippen molar-refractivity contribution in [3.63, 3.8) is 0 Å². The van der Waals surface area contributed by atoms with Crippen molar-refractivity contribution in [2.75, 3.05) is 16.1 Å². The highest BCUT2D eigenvalue weighted by molar-refractivity contribution is 7.93. The number of aryl methyl sites for hydroxylation is 2. The minimum absolute atomic E-state index is 0.0312. The molecule has 0 bridgehead atoms. The van der Waals surface area contributed by atoms with E-state index in [4.69, 9.17) is 0 Å². The number of para-hydroxylation sites is 1. The molecule has 0 amide bonds. The monoisotopic (exact) mass is 420 g/mol. The Balaban J connectivity index is 1.92. The SMILES string of the molecule is Cc1nc(S(=O)(=O)Nc2cccc(S(=O)(=O)N(C)c3ccccc3)c2)cn1C. The van der Waals surface area contributed by atoms with Crippen molar-refractivity contribution in [2.24, 2.45) is 7.05 Å². The molecule has 1 heterocycles. The summed E-state index contributed by atoms with van der Waals surface area (Å²) in [5.41, 5.74) is 0.628. The molecule has 8 nitrogen and oxygen atoms in total. The van der Waals surface area contributed by atoms with Crippen LogP contribution in [0.4, 0.5) is 11.4 Å². The van der Waals surface area contributed by atoms with E-state index >= 15 is 0 Å². The van der Waals surface area contributed by atoms with E-state index in [-0.39, 0.29) is 15.6 Å². The number of benzene rings is 2. The number of rotatable bonds is 6. The number of anilines is 2. The van der Waals surface area contributed by atoms with Crippen molar-refractivity contribution in [1.29, 1.82) is 0 Å². The van der Waals surface area contributed by atoms with Crippen LogP contribution in [-0.4, -0.2) is 33.4 Å². The summed E-state index contributed by atoms with van der Waals surface area (Å²) in [7, 11) is -4.67. The first-order valence-electron chi connectivity index (χ1n) is 8.28. The summed E-state index contributed by atoms with van der Waals surface area (Å²) in [5, 5.41) is -0.137. The van der Waals surface area contributed by atoms with Gasteiger partial charge in [0.15, 0.2) is 5.03 Å². The Morgan fingerprint density at radius 1 is 1.00 bits per heavy atom. The van der Waals surface area contributed by atoms with Gasteiger partial charge < -0.3 is 4.57 Å². The molecule has 0 aliphatic heterocycles. The van der Waals surface area contributed by atoms with Gasteiger partial charge in [-0.2, -0.15) is 8.42 Å². The predicted molar refractivity (Wildman–Crippen MR) is 107 cm³/mol. The first-order valence-corrected chi connectivity index (χ1v) is 11.2. The van der Waals surface area contributed by atoms with Crippen molar-refractivity contribution in [2.45, 2.75) is 16.8 Å². The molecule has 148 valence electrons. The maximum absolute atomic E-state index is 12.9. The number of imidazole rings is 1. The Bertz CT molecular complexity index is 1180. The molecule has 3 aromatic rings. The van der Waals surface area contributed by atoms with Gasteiger partial charge in [0.25, 0.3) is 20.0 Å². The molecule has 0 aliphatic rings. The Morgan fingerprint density at radius 2 is 1.68 bits per heavy atom. The van der Waals surface area contributed by atoms with Crippen LogP contribution in [0.15, 0.2) is 70.7 Å². The average Bonchev–Trinajstić information content (AvgIpc) is 3.01. The van der Waals surface area contributed by atoms with E-state index in [1.54, 1.807) is 48.9 Å². The van der Waals surface area contributed by atoms with Crippen LogP contribution in [0.5, 0.6) is 0 Å². The zero-order chi connectivity index (χ0) is 20.5. The fourth-order valence-corrected chi connectivity index (χ4v) is 4.85. The Hall–Kier alpha value is -2.85. The maximum atomic E-state index is 12.9. The second-order valence-electron chi connectivity index (χ2n) is 6.18. The quantitative estimate of drug-likeness (QED) is 0.660. The third kappa shape index (κ3) is 3.87. The highest BCUT2D eigenvalue weighted by atomic mass is 32.2. The van der Waals surface area contributed by atoms with Gasteiger partial charge in [-0.25, -0.2) is 13.4 Å². The predicted octanol–water partition coefficient (Wildman–Crippen LogP) is 2.35. The van der Waals surface area contributed by atoms with Crippen LogP contribution in [0.25, 0.3) is 0 Å². The second-order valence-corrected chi connectivity index (χ2v) is 9.78. The number of nitrogens with zero attached hydrogens (tertiary/aromatic N) is 3. The summed E-state index contributed by atoms with van der Waals surface area (Å²) >= 11 is 0.